The molecule has 0 bridgehead atoms. The molecule has 6 nitrogen and oxygen atoms in total. The van der Waals surface area contributed by atoms with Gasteiger partial charge in [-0.05, 0) is 12.5 Å². The van der Waals surface area contributed by atoms with Gasteiger partial charge in [0.25, 0.3) is 5.56 Å². The summed E-state index contributed by atoms with van der Waals surface area (Å²) in [6.07, 6.45) is 2.82. The highest BCUT2D eigenvalue weighted by molar-refractivity contribution is 5.81. The SMILES string of the molecule is CCCCCn1c(=O)[nH]c2cc(OC)c(OC)cc2c1=O. The van der Waals surface area contributed by atoms with Gasteiger partial charge < -0.3 is 14.5 Å². The number of benzene rings is 1. The highest BCUT2D eigenvalue weighted by Crippen LogP contribution is 2.29. The Morgan fingerprint density at radius 2 is 1.76 bits per heavy atom. The third-order valence-electron chi connectivity index (χ3n) is 3.47. The minimum atomic E-state index is -0.393. The molecule has 0 aliphatic carbocycles. The maximum absolute atomic E-state index is 12.5. The van der Waals surface area contributed by atoms with Crippen molar-refractivity contribution < 1.29 is 9.47 Å². The van der Waals surface area contributed by atoms with Crippen LogP contribution in [0.25, 0.3) is 10.9 Å². The van der Waals surface area contributed by atoms with Gasteiger partial charge in [0.2, 0.25) is 0 Å². The van der Waals surface area contributed by atoms with Gasteiger partial charge in [0, 0.05) is 12.6 Å². The van der Waals surface area contributed by atoms with Gasteiger partial charge in [-0.1, -0.05) is 19.8 Å². The van der Waals surface area contributed by atoms with E-state index in [-0.39, 0.29) is 5.56 Å². The van der Waals surface area contributed by atoms with Crippen LogP contribution in [-0.4, -0.2) is 23.8 Å². The molecule has 0 aliphatic rings. The molecule has 0 radical (unpaired) electrons. The minimum Gasteiger partial charge on any atom is -0.493 e. The van der Waals surface area contributed by atoms with E-state index < -0.39 is 5.69 Å². The molecule has 1 aromatic carbocycles. The van der Waals surface area contributed by atoms with E-state index in [2.05, 4.69) is 11.9 Å². The maximum atomic E-state index is 12.5. The minimum absolute atomic E-state index is 0.300. The molecule has 1 N–H and O–H groups in total. The molecule has 0 spiro atoms. The number of nitrogens with zero attached hydrogens (tertiary/aromatic N) is 1. The monoisotopic (exact) mass is 292 g/mol. The summed E-state index contributed by atoms with van der Waals surface area (Å²) in [5.41, 5.74) is -0.240. The molecular weight excluding hydrogens is 272 g/mol. The van der Waals surface area contributed by atoms with Crippen molar-refractivity contribution in [1.29, 1.82) is 0 Å². The van der Waals surface area contributed by atoms with E-state index in [0.29, 0.717) is 28.9 Å². The lowest BCUT2D eigenvalue weighted by Gasteiger charge is -2.10. The Bertz CT molecular complexity index is 746. The van der Waals surface area contributed by atoms with E-state index in [4.69, 9.17) is 9.47 Å². The lowest BCUT2D eigenvalue weighted by molar-refractivity contribution is 0.355. The van der Waals surface area contributed by atoms with E-state index in [0.717, 1.165) is 19.3 Å². The largest absolute Gasteiger partial charge is 0.493 e. The average Bonchev–Trinajstić information content (AvgIpc) is 2.49. The number of aromatic amines is 1. The highest BCUT2D eigenvalue weighted by Gasteiger charge is 2.12. The number of hydrogen-bond donors (Lipinski definition) is 1. The molecule has 0 fully saturated rings. The van der Waals surface area contributed by atoms with Crippen molar-refractivity contribution >= 4 is 10.9 Å². The van der Waals surface area contributed by atoms with Gasteiger partial charge in [-0.2, -0.15) is 0 Å². The first kappa shape index (κ1) is 15.2. The van der Waals surface area contributed by atoms with E-state index in [1.54, 1.807) is 12.1 Å². The summed E-state index contributed by atoms with van der Waals surface area (Å²) in [7, 11) is 3.02. The van der Waals surface area contributed by atoms with Crippen molar-refractivity contribution in [2.24, 2.45) is 0 Å². The Kier molecular flexibility index (Phi) is 4.67. The van der Waals surface area contributed by atoms with Crippen molar-refractivity contribution in [2.75, 3.05) is 14.2 Å². The van der Waals surface area contributed by atoms with Gasteiger partial charge in [-0.25, -0.2) is 4.79 Å². The fourth-order valence-corrected chi connectivity index (χ4v) is 2.30. The third-order valence-corrected chi connectivity index (χ3v) is 3.47. The van der Waals surface area contributed by atoms with E-state index in [9.17, 15) is 9.59 Å². The predicted octanol–water partition coefficient (Wildman–Crippen LogP) is 1.90. The van der Waals surface area contributed by atoms with Gasteiger partial charge in [-0.15, -0.1) is 0 Å². The van der Waals surface area contributed by atoms with Gasteiger partial charge in [0.15, 0.2) is 11.5 Å². The zero-order valence-electron chi connectivity index (χ0n) is 12.6. The average molecular weight is 292 g/mol. The van der Waals surface area contributed by atoms with Crippen LogP contribution in [-0.2, 0) is 6.54 Å². The van der Waals surface area contributed by atoms with Crippen LogP contribution in [0.4, 0.5) is 0 Å². The molecule has 0 unspecified atom stereocenters. The number of aromatic nitrogens is 2. The van der Waals surface area contributed by atoms with Crippen LogP contribution in [0, 0.1) is 0 Å². The van der Waals surface area contributed by atoms with Crippen LogP contribution in [0.3, 0.4) is 0 Å². The quantitative estimate of drug-likeness (QED) is 0.825. The molecule has 6 heteroatoms. The molecular formula is C15H20N2O4. The standard InChI is InChI=1S/C15H20N2O4/c1-4-5-6-7-17-14(18)10-8-12(20-2)13(21-3)9-11(10)16-15(17)19/h8-9H,4-7H2,1-3H3,(H,16,19). The summed E-state index contributed by atoms with van der Waals surface area (Å²) in [6.45, 7) is 2.50. The molecule has 0 atom stereocenters. The molecule has 114 valence electrons. The molecule has 0 aliphatic heterocycles. The van der Waals surface area contributed by atoms with Crippen LogP contribution in [0.15, 0.2) is 21.7 Å². The summed E-state index contributed by atoms with van der Waals surface area (Å²) < 4.78 is 11.6. The van der Waals surface area contributed by atoms with Gasteiger partial charge in [0.05, 0.1) is 25.1 Å². The number of ether oxygens (including phenoxy) is 2. The van der Waals surface area contributed by atoms with Crippen molar-refractivity contribution in [3.05, 3.63) is 33.0 Å². The highest BCUT2D eigenvalue weighted by atomic mass is 16.5. The fraction of sp³-hybridized carbons (Fsp3) is 0.467. The van der Waals surface area contributed by atoms with E-state index in [1.165, 1.54) is 18.8 Å². The number of hydrogen-bond acceptors (Lipinski definition) is 4. The topological polar surface area (TPSA) is 73.3 Å². The van der Waals surface area contributed by atoms with E-state index in [1.807, 2.05) is 0 Å². The lowest BCUT2D eigenvalue weighted by Crippen LogP contribution is -2.35. The Morgan fingerprint density at radius 1 is 1.10 bits per heavy atom. The van der Waals surface area contributed by atoms with Crippen LogP contribution < -0.4 is 20.7 Å². The second-order valence-electron chi connectivity index (χ2n) is 4.85. The Balaban J connectivity index is 2.59. The zero-order valence-corrected chi connectivity index (χ0v) is 12.6. The van der Waals surface area contributed by atoms with Crippen molar-refractivity contribution in [2.45, 2.75) is 32.7 Å². The molecule has 21 heavy (non-hydrogen) atoms. The number of H-pyrrole nitrogens is 1. The molecule has 1 aromatic heterocycles. The Labute approximate surface area is 122 Å². The number of methoxy groups -OCH3 is 2. The summed E-state index contributed by atoms with van der Waals surface area (Å²) in [6, 6.07) is 3.20. The van der Waals surface area contributed by atoms with Crippen molar-refractivity contribution in [1.82, 2.24) is 9.55 Å². The first-order valence-electron chi connectivity index (χ1n) is 7.01. The van der Waals surface area contributed by atoms with Crippen LogP contribution in [0.2, 0.25) is 0 Å². The summed E-state index contributed by atoms with van der Waals surface area (Å²) in [5.74, 6) is 0.943. The second kappa shape index (κ2) is 6.47. The van der Waals surface area contributed by atoms with Crippen molar-refractivity contribution in [3.63, 3.8) is 0 Å². The zero-order chi connectivity index (χ0) is 15.4. The second-order valence-corrected chi connectivity index (χ2v) is 4.85. The Hall–Kier alpha value is -2.24. The molecule has 2 rings (SSSR count). The van der Waals surface area contributed by atoms with E-state index >= 15 is 0 Å². The molecule has 0 amide bonds. The molecule has 0 saturated carbocycles. The van der Waals surface area contributed by atoms with Crippen LogP contribution in [0.5, 0.6) is 11.5 Å². The smallest absolute Gasteiger partial charge is 0.328 e. The van der Waals surface area contributed by atoms with Gasteiger partial charge in [0.1, 0.15) is 0 Å². The number of rotatable bonds is 6. The van der Waals surface area contributed by atoms with Crippen LogP contribution >= 0.6 is 0 Å². The summed E-state index contributed by atoms with van der Waals surface area (Å²) >= 11 is 0. The molecule has 2 aromatic rings. The molecule has 0 saturated heterocycles. The maximum Gasteiger partial charge on any atom is 0.328 e. The summed E-state index contributed by atoms with van der Waals surface area (Å²) in [4.78, 5) is 27.2. The fourth-order valence-electron chi connectivity index (χ4n) is 2.30. The van der Waals surface area contributed by atoms with Gasteiger partial charge >= 0.3 is 5.69 Å². The molecule has 1 heterocycles. The number of unbranched alkanes of at least 4 members (excludes halogenated alkanes) is 2. The van der Waals surface area contributed by atoms with Gasteiger partial charge in [-0.3, -0.25) is 9.36 Å². The lowest BCUT2D eigenvalue weighted by atomic mass is 10.2. The predicted molar refractivity (Wildman–Crippen MR) is 81.5 cm³/mol. The number of fused-ring (bicyclic) bond motifs is 1. The third kappa shape index (κ3) is 2.94. The summed E-state index contributed by atoms with van der Waals surface area (Å²) in [5, 5.41) is 0.420. The van der Waals surface area contributed by atoms with Crippen LogP contribution in [0.1, 0.15) is 26.2 Å². The first-order chi connectivity index (χ1) is 10.1. The number of nitrogens with one attached hydrogen (secondary N) is 1. The normalized spacial score (nSPS) is 10.8. The van der Waals surface area contributed by atoms with Crippen molar-refractivity contribution in [3.8, 4) is 11.5 Å². The Morgan fingerprint density at radius 3 is 2.38 bits per heavy atom. The first-order valence-corrected chi connectivity index (χ1v) is 7.01.